The Morgan fingerprint density at radius 2 is 1.96 bits per heavy atom. The highest BCUT2D eigenvalue weighted by molar-refractivity contribution is 6.42. The van der Waals surface area contributed by atoms with Crippen molar-refractivity contribution in [3.8, 4) is 0 Å². The number of carbonyl (C=O) groups is 2. The molecule has 2 heterocycles. The first kappa shape index (κ1) is 21.0. The summed E-state index contributed by atoms with van der Waals surface area (Å²) in [6.45, 7) is 5.43. The molecule has 2 aliphatic heterocycles. The minimum absolute atomic E-state index is 0.0845. The number of benzene rings is 1. The van der Waals surface area contributed by atoms with Crippen molar-refractivity contribution >= 4 is 40.8 Å². The van der Waals surface area contributed by atoms with Gasteiger partial charge in [-0.05, 0) is 38.0 Å². The van der Waals surface area contributed by atoms with E-state index in [1.54, 1.807) is 17.9 Å². The monoisotopic (exact) mass is 428 g/mol. The number of ether oxygens (including phenoxy) is 1. The summed E-state index contributed by atoms with van der Waals surface area (Å²) >= 11 is 12.1. The molecule has 7 nitrogen and oxygen atoms in total. The van der Waals surface area contributed by atoms with Gasteiger partial charge in [0.05, 0.1) is 16.1 Å². The molecular formula is C19H26Cl2N4O3. The summed E-state index contributed by atoms with van der Waals surface area (Å²) in [7, 11) is 0. The van der Waals surface area contributed by atoms with Crippen LogP contribution in [0.25, 0.3) is 0 Å². The standard InChI is InChI=1S/C19H26Cl2N4O3/c1-13(18(26)22-12-15-3-2-10-28-15)23-19(27)25-8-6-24(7-9-25)14-4-5-16(20)17(21)11-14/h4-5,11,13,15H,2-3,6-10,12H2,1H3,(H,22,26)(H,23,27). The normalized spacial score (nSPS) is 20.8. The third-order valence-corrected chi connectivity index (χ3v) is 5.84. The van der Waals surface area contributed by atoms with Crippen LogP contribution in [0.3, 0.4) is 0 Å². The molecule has 2 atom stereocenters. The van der Waals surface area contributed by atoms with E-state index in [1.165, 1.54) is 0 Å². The van der Waals surface area contributed by atoms with Gasteiger partial charge in [-0.15, -0.1) is 0 Å². The zero-order valence-corrected chi connectivity index (χ0v) is 17.4. The van der Waals surface area contributed by atoms with Crippen molar-refractivity contribution in [1.82, 2.24) is 15.5 Å². The van der Waals surface area contributed by atoms with E-state index in [1.807, 2.05) is 12.1 Å². The van der Waals surface area contributed by atoms with Crippen LogP contribution < -0.4 is 15.5 Å². The predicted octanol–water partition coefficient (Wildman–Crippen LogP) is 2.51. The molecule has 1 aromatic rings. The van der Waals surface area contributed by atoms with Crippen LogP contribution >= 0.6 is 23.2 Å². The van der Waals surface area contributed by atoms with Crippen LogP contribution in [0.5, 0.6) is 0 Å². The average Bonchev–Trinajstić information content (AvgIpc) is 3.22. The molecule has 1 aromatic carbocycles. The van der Waals surface area contributed by atoms with Gasteiger partial charge in [-0.2, -0.15) is 0 Å². The number of nitrogens with zero attached hydrogens (tertiary/aromatic N) is 2. The average molecular weight is 429 g/mol. The number of rotatable bonds is 5. The Bertz CT molecular complexity index is 704. The lowest BCUT2D eigenvalue weighted by Gasteiger charge is -2.36. The summed E-state index contributed by atoms with van der Waals surface area (Å²) in [5.41, 5.74) is 0.983. The van der Waals surface area contributed by atoms with Crippen molar-refractivity contribution in [3.63, 3.8) is 0 Å². The maximum Gasteiger partial charge on any atom is 0.318 e. The Balaban J connectivity index is 1.42. The third-order valence-electron chi connectivity index (χ3n) is 5.10. The SMILES string of the molecule is CC(NC(=O)N1CCN(c2ccc(Cl)c(Cl)c2)CC1)C(=O)NCC1CCCO1. The van der Waals surface area contributed by atoms with Crippen LogP contribution in [-0.2, 0) is 9.53 Å². The molecule has 0 radical (unpaired) electrons. The number of carbonyl (C=O) groups excluding carboxylic acids is 2. The topological polar surface area (TPSA) is 73.9 Å². The van der Waals surface area contributed by atoms with Gasteiger partial charge in [0.2, 0.25) is 5.91 Å². The van der Waals surface area contributed by atoms with Crippen LogP contribution in [0.15, 0.2) is 18.2 Å². The van der Waals surface area contributed by atoms with E-state index < -0.39 is 6.04 Å². The fourth-order valence-corrected chi connectivity index (χ4v) is 3.66. The lowest BCUT2D eigenvalue weighted by Crippen LogP contribution is -2.55. The van der Waals surface area contributed by atoms with Gasteiger partial charge in [0.15, 0.2) is 0 Å². The van der Waals surface area contributed by atoms with Crippen LogP contribution in [-0.4, -0.2) is 68.3 Å². The number of anilines is 1. The van der Waals surface area contributed by atoms with Gasteiger partial charge in [0.25, 0.3) is 0 Å². The second kappa shape index (κ2) is 9.67. The Kier molecular flexibility index (Phi) is 7.26. The van der Waals surface area contributed by atoms with Gasteiger partial charge >= 0.3 is 6.03 Å². The first-order valence-corrected chi connectivity index (χ1v) is 10.3. The molecule has 9 heteroatoms. The molecule has 2 aliphatic rings. The maximum atomic E-state index is 12.5. The van der Waals surface area contributed by atoms with Gasteiger partial charge in [0, 0.05) is 45.0 Å². The Morgan fingerprint density at radius 3 is 2.61 bits per heavy atom. The van der Waals surface area contributed by atoms with Crippen LogP contribution in [0.4, 0.5) is 10.5 Å². The van der Waals surface area contributed by atoms with E-state index in [9.17, 15) is 9.59 Å². The minimum Gasteiger partial charge on any atom is -0.376 e. The Hall–Kier alpha value is -1.70. The quantitative estimate of drug-likeness (QED) is 0.755. The number of hydrogen-bond acceptors (Lipinski definition) is 4. The van der Waals surface area contributed by atoms with Gasteiger partial charge in [-0.1, -0.05) is 23.2 Å². The number of hydrogen-bond donors (Lipinski definition) is 2. The van der Waals surface area contributed by atoms with Crippen molar-refractivity contribution < 1.29 is 14.3 Å². The largest absolute Gasteiger partial charge is 0.376 e. The fourth-order valence-electron chi connectivity index (χ4n) is 3.36. The van der Waals surface area contributed by atoms with E-state index in [0.29, 0.717) is 42.8 Å². The molecule has 3 amide bonds. The highest BCUT2D eigenvalue weighted by Crippen LogP contribution is 2.27. The van der Waals surface area contributed by atoms with Gasteiger partial charge in [-0.25, -0.2) is 4.79 Å². The van der Waals surface area contributed by atoms with Crippen molar-refractivity contribution in [2.75, 3.05) is 44.2 Å². The molecule has 0 saturated carbocycles. The summed E-state index contributed by atoms with van der Waals surface area (Å²) in [5.74, 6) is -0.196. The van der Waals surface area contributed by atoms with E-state index in [-0.39, 0.29) is 18.0 Å². The van der Waals surface area contributed by atoms with Crippen molar-refractivity contribution in [2.45, 2.75) is 31.9 Å². The summed E-state index contributed by atoms with van der Waals surface area (Å²) in [6.07, 6.45) is 2.08. The highest BCUT2D eigenvalue weighted by atomic mass is 35.5. The van der Waals surface area contributed by atoms with E-state index in [4.69, 9.17) is 27.9 Å². The molecule has 0 aromatic heterocycles. The zero-order valence-electron chi connectivity index (χ0n) is 15.9. The van der Waals surface area contributed by atoms with E-state index >= 15 is 0 Å². The third kappa shape index (κ3) is 5.43. The van der Waals surface area contributed by atoms with Crippen molar-refractivity contribution in [3.05, 3.63) is 28.2 Å². The first-order valence-electron chi connectivity index (χ1n) is 9.59. The molecule has 2 fully saturated rings. The summed E-state index contributed by atoms with van der Waals surface area (Å²) in [5, 5.41) is 6.65. The molecule has 2 saturated heterocycles. The molecule has 0 aliphatic carbocycles. The number of nitrogens with one attached hydrogen (secondary N) is 2. The Labute approximate surface area is 175 Å². The molecule has 154 valence electrons. The molecule has 0 bridgehead atoms. The number of halogens is 2. The Morgan fingerprint density at radius 1 is 1.21 bits per heavy atom. The lowest BCUT2D eigenvalue weighted by molar-refractivity contribution is -0.123. The number of piperazine rings is 1. The lowest BCUT2D eigenvalue weighted by atomic mass is 10.2. The second-order valence-electron chi connectivity index (χ2n) is 7.12. The van der Waals surface area contributed by atoms with Crippen molar-refractivity contribution in [1.29, 1.82) is 0 Å². The first-order chi connectivity index (χ1) is 13.4. The summed E-state index contributed by atoms with van der Waals surface area (Å²) in [4.78, 5) is 28.5. The van der Waals surface area contributed by atoms with Gasteiger partial charge in [-0.3, -0.25) is 4.79 Å². The molecule has 2 unspecified atom stereocenters. The zero-order chi connectivity index (χ0) is 20.1. The maximum absolute atomic E-state index is 12.5. The molecule has 3 rings (SSSR count). The van der Waals surface area contributed by atoms with Crippen molar-refractivity contribution in [2.24, 2.45) is 0 Å². The van der Waals surface area contributed by atoms with Crippen LogP contribution in [0.1, 0.15) is 19.8 Å². The second-order valence-corrected chi connectivity index (χ2v) is 7.94. The molecular weight excluding hydrogens is 403 g/mol. The smallest absolute Gasteiger partial charge is 0.318 e. The number of amides is 3. The van der Waals surface area contributed by atoms with Crippen LogP contribution in [0.2, 0.25) is 10.0 Å². The molecule has 2 N–H and O–H groups in total. The fraction of sp³-hybridized carbons (Fsp3) is 0.579. The van der Waals surface area contributed by atoms with E-state index in [0.717, 1.165) is 25.1 Å². The highest BCUT2D eigenvalue weighted by Gasteiger charge is 2.25. The molecule has 0 spiro atoms. The summed E-state index contributed by atoms with van der Waals surface area (Å²) < 4.78 is 5.49. The van der Waals surface area contributed by atoms with E-state index in [2.05, 4.69) is 15.5 Å². The summed E-state index contributed by atoms with van der Waals surface area (Å²) in [6, 6.07) is 4.70. The minimum atomic E-state index is -0.595. The predicted molar refractivity (Wildman–Crippen MR) is 110 cm³/mol. The molecule has 28 heavy (non-hydrogen) atoms. The van der Waals surface area contributed by atoms with Gasteiger partial charge < -0.3 is 25.2 Å². The van der Waals surface area contributed by atoms with Gasteiger partial charge in [0.1, 0.15) is 6.04 Å². The van der Waals surface area contributed by atoms with Crippen LogP contribution in [0, 0.1) is 0 Å². The number of urea groups is 1.